The van der Waals surface area contributed by atoms with Gasteiger partial charge in [-0.1, -0.05) is 11.6 Å². The number of anilines is 2. The lowest BCUT2D eigenvalue weighted by Crippen LogP contribution is -2.25. The van der Waals surface area contributed by atoms with E-state index in [0.29, 0.717) is 28.5 Å². The van der Waals surface area contributed by atoms with E-state index in [0.717, 1.165) is 36.9 Å². The molecule has 0 radical (unpaired) electrons. The molecule has 31 heavy (non-hydrogen) atoms. The second-order valence-corrected chi connectivity index (χ2v) is 7.90. The molecule has 2 aliphatic rings. The molecule has 2 aromatic carbocycles. The number of rotatable bonds is 3. The molecule has 1 aromatic heterocycles. The molecule has 2 heterocycles. The van der Waals surface area contributed by atoms with Crippen LogP contribution in [0.25, 0.3) is 5.69 Å². The molecule has 0 spiro atoms. The molecule has 1 aliphatic carbocycles. The van der Waals surface area contributed by atoms with Crippen molar-refractivity contribution in [2.75, 3.05) is 17.2 Å². The van der Waals surface area contributed by atoms with Gasteiger partial charge in [0.05, 0.1) is 22.1 Å². The van der Waals surface area contributed by atoms with E-state index < -0.39 is 0 Å². The number of ether oxygens (including phenoxy) is 1. The number of nitrogens with zero attached hydrogens (tertiary/aromatic N) is 2. The third-order valence-electron chi connectivity index (χ3n) is 5.42. The summed E-state index contributed by atoms with van der Waals surface area (Å²) in [5.41, 5.74) is 3.70. The molecular weight excluding hydrogens is 423 g/mol. The average Bonchev–Trinajstić information content (AvgIpc) is 3.15. The van der Waals surface area contributed by atoms with Crippen LogP contribution in [0.1, 0.15) is 34.6 Å². The molecule has 1 aliphatic heterocycles. The molecule has 0 bridgehead atoms. The highest BCUT2D eigenvalue weighted by Crippen LogP contribution is 2.37. The van der Waals surface area contributed by atoms with Gasteiger partial charge < -0.3 is 15.4 Å². The normalized spacial score (nSPS) is 14.8. The molecule has 0 saturated heterocycles. The van der Waals surface area contributed by atoms with Crippen molar-refractivity contribution in [1.82, 2.24) is 9.78 Å². The van der Waals surface area contributed by atoms with E-state index in [9.17, 15) is 14.0 Å². The average molecular weight is 441 g/mol. The van der Waals surface area contributed by atoms with Crippen molar-refractivity contribution in [3.63, 3.8) is 0 Å². The number of hydrogen-bond donors (Lipinski definition) is 2. The minimum atomic E-state index is -0.388. The standard InChI is InChI=1S/C22H18ClFN4O3/c23-15-9-17-19(31-11-20(29)25-17)10-16(15)26-22(30)21-14-3-1-2-4-18(14)28(27-21)13-7-5-12(24)6-8-13/h5-10H,1-4,11H2,(H,25,29)(H,26,30). The van der Waals surface area contributed by atoms with Crippen molar-refractivity contribution < 1.29 is 18.7 Å². The Morgan fingerprint density at radius 3 is 2.77 bits per heavy atom. The van der Waals surface area contributed by atoms with Crippen LogP contribution in [-0.4, -0.2) is 28.2 Å². The molecule has 3 aromatic rings. The number of carbonyl (C=O) groups excluding carboxylic acids is 2. The van der Waals surface area contributed by atoms with Crippen LogP contribution >= 0.6 is 11.6 Å². The summed E-state index contributed by atoms with van der Waals surface area (Å²) in [5.74, 6) is -0.555. The Balaban J connectivity index is 1.49. The Hall–Kier alpha value is -3.39. The highest BCUT2D eigenvalue weighted by molar-refractivity contribution is 6.34. The monoisotopic (exact) mass is 440 g/mol. The molecule has 7 nitrogen and oxygen atoms in total. The van der Waals surface area contributed by atoms with Gasteiger partial charge in [-0.15, -0.1) is 0 Å². The lowest BCUT2D eigenvalue weighted by Gasteiger charge is -2.19. The first kappa shape index (κ1) is 19.6. The van der Waals surface area contributed by atoms with Gasteiger partial charge in [0.2, 0.25) is 0 Å². The molecule has 0 fully saturated rings. The predicted molar refractivity (Wildman–Crippen MR) is 114 cm³/mol. The molecule has 0 saturated carbocycles. The van der Waals surface area contributed by atoms with E-state index in [1.165, 1.54) is 18.2 Å². The quantitative estimate of drug-likeness (QED) is 0.641. The second kappa shape index (κ2) is 7.70. The number of benzene rings is 2. The van der Waals surface area contributed by atoms with Crippen molar-refractivity contribution in [2.45, 2.75) is 25.7 Å². The number of fused-ring (bicyclic) bond motifs is 2. The first-order valence-electron chi connectivity index (χ1n) is 9.94. The molecule has 0 unspecified atom stereocenters. The molecule has 0 atom stereocenters. The Bertz CT molecular complexity index is 1210. The van der Waals surface area contributed by atoms with Crippen molar-refractivity contribution in [3.05, 3.63) is 64.2 Å². The van der Waals surface area contributed by atoms with Gasteiger partial charge in [-0.3, -0.25) is 9.59 Å². The van der Waals surface area contributed by atoms with Crippen molar-refractivity contribution >= 4 is 34.8 Å². The number of amides is 2. The van der Waals surface area contributed by atoms with E-state index >= 15 is 0 Å². The minimum absolute atomic E-state index is 0.0996. The van der Waals surface area contributed by atoms with Gasteiger partial charge in [0.15, 0.2) is 12.3 Å². The Labute approximate surface area is 182 Å². The summed E-state index contributed by atoms with van der Waals surface area (Å²) < 4.78 is 20.5. The van der Waals surface area contributed by atoms with Gasteiger partial charge in [0, 0.05) is 17.3 Å². The zero-order valence-electron chi connectivity index (χ0n) is 16.4. The third kappa shape index (κ3) is 3.63. The summed E-state index contributed by atoms with van der Waals surface area (Å²) in [6.45, 7) is -0.0996. The zero-order chi connectivity index (χ0) is 21.5. The maximum atomic E-state index is 13.4. The van der Waals surface area contributed by atoms with Crippen LogP contribution in [0.5, 0.6) is 5.75 Å². The topological polar surface area (TPSA) is 85.2 Å². The number of aromatic nitrogens is 2. The highest BCUT2D eigenvalue weighted by atomic mass is 35.5. The summed E-state index contributed by atoms with van der Waals surface area (Å²) in [7, 11) is 0. The van der Waals surface area contributed by atoms with Gasteiger partial charge >= 0.3 is 0 Å². The van der Waals surface area contributed by atoms with E-state index in [1.807, 2.05) is 0 Å². The molecule has 5 rings (SSSR count). The van der Waals surface area contributed by atoms with E-state index in [-0.39, 0.29) is 29.3 Å². The summed E-state index contributed by atoms with van der Waals surface area (Å²) in [6.07, 6.45) is 3.50. The first-order valence-corrected chi connectivity index (χ1v) is 10.3. The maximum Gasteiger partial charge on any atom is 0.276 e. The van der Waals surface area contributed by atoms with Crippen LogP contribution in [0.3, 0.4) is 0 Å². The molecule has 158 valence electrons. The lowest BCUT2D eigenvalue weighted by atomic mass is 9.95. The van der Waals surface area contributed by atoms with E-state index in [2.05, 4.69) is 15.7 Å². The maximum absolute atomic E-state index is 13.4. The largest absolute Gasteiger partial charge is 0.482 e. The van der Waals surface area contributed by atoms with Crippen molar-refractivity contribution in [2.24, 2.45) is 0 Å². The smallest absolute Gasteiger partial charge is 0.276 e. The first-order chi connectivity index (χ1) is 15.0. The van der Waals surface area contributed by atoms with Crippen LogP contribution in [0.4, 0.5) is 15.8 Å². The van der Waals surface area contributed by atoms with E-state index in [4.69, 9.17) is 16.3 Å². The fourth-order valence-electron chi connectivity index (χ4n) is 3.95. The fraction of sp³-hybridized carbons (Fsp3) is 0.227. The van der Waals surface area contributed by atoms with Gasteiger partial charge in [0.25, 0.3) is 11.8 Å². The molecule has 9 heteroatoms. The van der Waals surface area contributed by atoms with Gasteiger partial charge in [-0.25, -0.2) is 9.07 Å². The van der Waals surface area contributed by atoms with Crippen LogP contribution in [0.2, 0.25) is 5.02 Å². The predicted octanol–water partition coefficient (Wildman–Crippen LogP) is 4.13. The van der Waals surface area contributed by atoms with Crippen LogP contribution in [0.15, 0.2) is 36.4 Å². The van der Waals surface area contributed by atoms with Gasteiger partial charge in [0.1, 0.15) is 11.6 Å². The Morgan fingerprint density at radius 2 is 1.97 bits per heavy atom. The fourth-order valence-corrected chi connectivity index (χ4v) is 4.17. The highest BCUT2D eigenvalue weighted by Gasteiger charge is 2.27. The SMILES string of the molecule is O=C1COc2cc(NC(=O)c3nn(-c4ccc(F)cc4)c4c3CCCC4)c(Cl)cc2N1. The van der Waals surface area contributed by atoms with Crippen molar-refractivity contribution in [1.29, 1.82) is 0 Å². The van der Waals surface area contributed by atoms with Crippen LogP contribution in [-0.2, 0) is 17.6 Å². The summed E-state index contributed by atoms with van der Waals surface area (Å²) in [5, 5.41) is 10.3. The molecule has 2 amide bonds. The summed E-state index contributed by atoms with van der Waals surface area (Å²) >= 11 is 6.32. The zero-order valence-corrected chi connectivity index (χ0v) is 17.1. The van der Waals surface area contributed by atoms with Crippen LogP contribution in [0, 0.1) is 5.82 Å². The minimum Gasteiger partial charge on any atom is -0.482 e. The number of nitrogens with one attached hydrogen (secondary N) is 2. The molecule has 2 N–H and O–H groups in total. The van der Waals surface area contributed by atoms with E-state index in [1.54, 1.807) is 22.9 Å². The number of hydrogen-bond acceptors (Lipinski definition) is 4. The lowest BCUT2D eigenvalue weighted by molar-refractivity contribution is -0.118. The molecular formula is C22H18ClFN4O3. The van der Waals surface area contributed by atoms with Gasteiger partial charge in [-0.2, -0.15) is 5.10 Å². The second-order valence-electron chi connectivity index (χ2n) is 7.49. The van der Waals surface area contributed by atoms with Gasteiger partial charge in [-0.05, 0) is 56.0 Å². The summed E-state index contributed by atoms with van der Waals surface area (Å²) in [6, 6.07) is 9.15. The number of halogens is 2. The van der Waals surface area contributed by atoms with Crippen molar-refractivity contribution in [3.8, 4) is 11.4 Å². The summed E-state index contributed by atoms with van der Waals surface area (Å²) in [4.78, 5) is 24.6. The Morgan fingerprint density at radius 1 is 1.19 bits per heavy atom. The number of carbonyl (C=O) groups is 2. The Kier molecular flexibility index (Phi) is 4.86. The third-order valence-corrected chi connectivity index (χ3v) is 5.73. The van der Waals surface area contributed by atoms with Crippen LogP contribution < -0.4 is 15.4 Å².